The molecule has 2 aromatic carbocycles. The van der Waals surface area contributed by atoms with Gasteiger partial charge in [-0.15, -0.1) is 0 Å². The van der Waals surface area contributed by atoms with E-state index in [2.05, 4.69) is 5.32 Å². The number of alkyl halides is 1. The van der Waals surface area contributed by atoms with E-state index >= 15 is 0 Å². The van der Waals surface area contributed by atoms with E-state index in [-0.39, 0.29) is 54.5 Å². The van der Waals surface area contributed by atoms with Crippen LogP contribution in [0.5, 0.6) is 0 Å². The molecule has 4 rings (SSSR count). The number of ketones is 1. The monoisotopic (exact) mass is 577 g/mol. The zero-order valence-corrected chi connectivity index (χ0v) is 23.5. The Hall–Kier alpha value is -3.04. The third-order valence-electron chi connectivity index (χ3n) is 6.41. The predicted molar refractivity (Wildman–Crippen MR) is 148 cm³/mol. The van der Waals surface area contributed by atoms with Gasteiger partial charge in [-0.3, -0.25) is 18.9 Å². The van der Waals surface area contributed by atoms with Crippen molar-refractivity contribution in [2.75, 3.05) is 25.1 Å². The molecule has 1 aliphatic heterocycles. The molecule has 2 heterocycles. The molecule has 1 N–H and O–H groups in total. The molecule has 3 aromatic rings. The lowest BCUT2D eigenvalue weighted by atomic mass is 10.1. The first kappa shape index (κ1) is 29.0. The van der Waals surface area contributed by atoms with Crippen LogP contribution >= 0.6 is 19.2 Å². The molecule has 12 heteroatoms. The Kier molecular flexibility index (Phi) is 8.91. The van der Waals surface area contributed by atoms with Gasteiger partial charge in [-0.2, -0.15) is 0 Å². The molecular formula is C27H30ClFN3O6P. The molecule has 1 fully saturated rings. The summed E-state index contributed by atoms with van der Waals surface area (Å²) in [6.07, 6.45) is 0.0443. The number of hydrogen-bond donors (Lipinski definition) is 1. The molecule has 0 spiro atoms. The molecule has 1 aliphatic rings. The Balaban J connectivity index is 1.56. The highest BCUT2D eigenvalue weighted by molar-refractivity contribution is 7.62. The number of carbonyl (C=O) groups is 3. The van der Waals surface area contributed by atoms with Crippen LogP contribution in [0.15, 0.2) is 48.7 Å². The third kappa shape index (κ3) is 6.25. The number of para-hydroxylation sites is 1. The Bertz CT molecular complexity index is 1450. The van der Waals surface area contributed by atoms with Gasteiger partial charge in [-0.05, 0) is 45.0 Å². The van der Waals surface area contributed by atoms with Gasteiger partial charge in [0.2, 0.25) is 11.8 Å². The van der Waals surface area contributed by atoms with Crippen LogP contribution in [0.2, 0.25) is 5.02 Å². The van der Waals surface area contributed by atoms with Crippen molar-refractivity contribution < 1.29 is 32.4 Å². The van der Waals surface area contributed by atoms with Gasteiger partial charge in [0.25, 0.3) is 0 Å². The van der Waals surface area contributed by atoms with Crippen LogP contribution in [0.4, 0.5) is 10.1 Å². The maximum absolute atomic E-state index is 14.5. The number of nitrogens with zero attached hydrogens (tertiary/aromatic N) is 2. The van der Waals surface area contributed by atoms with Gasteiger partial charge in [-0.25, -0.2) is 4.39 Å². The van der Waals surface area contributed by atoms with E-state index in [1.807, 2.05) is 0 Å². The van der Waals surface area contributed by atoms with Gasteiger partial charge in [0, 0.05) is 39.8 Å². The number of rotatable bonds is 10. The largest absolute Gasteiger partial charge is 0.361 e. The second-order valence-electron chi connectivity index (χ2n) is 9.16. The highest BCUT2D eigenvalue weighted by Crippen LogP contribution is 2.47. The van der Waals surface area contributed by atoms with Gasteiger partial charge in [0.15, 0.2) is 5.78 Å². The van der Waals surface area contributed by atoms with Crippen molar-refractivity contribution in [3.05, 3.63) is 59.2 Å². The molecule has 0 saturated carbocycles. The number of hydrogen-bond acceptors (Lipinski definition) is 6. The van der Waals surface area contributed by atoms with Crippen LogP contribution in [0.1, 0.15) is 37.6 Å². The van der Waals surface area contributed by atoms with E-state index in [0.29, 0.717) is 16.5 Å². The number of halogens is 2. The number of benzene rings is 2. The number of amides is 2. The van der Waals surface area contributed by atoms with Crippen LogP contribution in [0.25, 0.3) is 10.9 Å². The fourth-order valence-corrected chi connectivity index (χ4v) is 6.72. The zero-order valence-electron chi connectivity index (χ0n) is 21.9. The van der Waals surface area contributed by atoms with Gasteiger partial charge in [-0.1, -0.05) is 29.8 Å². The lowest BCUT2D eigenvalue weighted by Gasteiger charge is -2.24. The summed E-state index contributed by atoms with van der Waals surface area (Å²) < 4.78 is 40.1. The Morgan fingerprint density at radius 2 is 1.82 bits per heavy atom. The van der Waals surface area contributed by atoms with E-state index < -0.39 is 31.6 Å². The van der Waals surface area contributed by atoms with Crippen molar-refractivity contribution in [1.82, 2.24) is 9.47 Å². The molecule has 208 valence electrons. The minimum absolute atomic E-state index is 0.132. The van der Waals surface area contributed by atoms with Crippen LogP contribution < -0.4 is 10.6 Å². The maximum Gasteiger partial charge on any atom is 0.361 e. The summed E-state index contributed by atoms with van der Waals surface area (Å²) in [6, 6.07) is 10.4. The highest BCUT2D eigenvalue weighted by Gasteiger charge is 2.40. The SMILES string of the molecule is CCOP(=O)(OCC)c1cc(Cl)cc(NC(=O)C2CC(F)CN2C(=O)Cn2cc(C(C)=O)c3ccccc32)c1. The van der Waals surface area contributed by atoms with Crippen LogP contribution in [0.3, 0.4) is 0 Å². The second kappa shape index (κ2) is 12.0. The summed E-state index contributed by atoms with van der Waals surface area (Å²) in [5.41, 5.74) is 1.37. The van der Waals surface area contributed by atoms with Gasteiger partial charge >= 0.3 is 7.60 Å². The number of Topliss-reactive ketones (excluding diaryl/α,β-unsaturated/α-hetero) is 1. The Morgan fingerprint density at radius 1 is 1.13 bits per heavy atom. The smallest absolute Gasteiger partial charge is 0.337 e. The van der Waals surface area contributed by atoms with E-state index in [1.165, 1.54) is 30.0 Å². The van der Waals surface area contributed by atoms with Gasteiger partial charge in [0.05, 0.1) is 25.1 Å². The quantitative estimate of drug-likeness (QED) is 0.269. The van der Waals surface area contributed by atoms with Crippen molar-refractivity contribution >= 4 is 58.7 Å². The van der Waals surface area contributed by atoms with Crippen LogP contribution in [-0.2, 0) is 29.7 Å². The summed E-state index contributed by atoms with van der Waals surface area (Å²) in [5.74, 6) is -1.21. The lowest BCUT2D eigenvalue weighted by Crippen LogP contribution is -2.44. The fourth-order valence-electron chi connectivity index (χ4n) is 4.76. The first-order valence-electron chi connectivity index (χ1n) is 12.6. The number of anilines is 1. The summed E-state index contributed by atoms with van der Waals surface area (Å²) in [5, 5.41) is 3.74. The Labute approximate surface area is 230 Å². The molecule has 9 nitrogen and oxygen atoms in total. The van der Waals surface area contributed by atoms with Crippen molar-refractivity contribution in [2.45, 2.75) is 46.0 Å². The number of carbonyl (C=O) groups excluding carboxylic acids is 3. The van der Waals surface area contributed by atoms with Crippen molar-refractivity contribution in [2.24, 2.45) is 0 Å². The molecule has 2 amide bonds. The van der Waals surface area contributed by atoms with Crippen molar-refractivity contribution in [1.29, 1.82) is 0 Å². The van der Waals surface area contributed by atoms with E-state index in [0.717, 1.165) is 0 Å². The average molecular weight is 578 g/mol. The first-order valence-corrected chi connectivity index (χ1v) is 14.5. The van der Waals surface area contributed by atoms with E-state index in [9.17, 15) is 23.3 Å². The second-order valence-corrected chi connectivity index (χ2v) is 11.6. The molecular weight excluding hydrogens is 548 g/mol. The number of fused-ring (bicyclic) bond motifs is 1. The van der Waals surface area contributed by atoms with Crippen LogP contribution in [0, 0.1) is 0 Å². The molecule has 2 unspecified atom stereocenters. The van der Waals surface area contributed by atoms with E-state index in [1.54, 1.807) is 48.9 Å². The molecule has 0 aliphatic carbocycles. The fraction of sp³-hybridized carbons (Fsp3) is 0.370. The third-order valence-corrected chi connectivity index (χ3v) is 8.72. The molecule has 1 saturated heterocycles. The number of aromatic nitrogens is 1. The highest BCUT2D eigenvalue weighted by atomic mass is 35.5. The normalized spacial score (nSPS) is 17.5. The summed E-state index contributed by atoms with van der Waals surface area (Å²) >= 11 is 6.23. The van der Waals surface area contributed by atoms with Gasteiger partial charge in [0.1, 0.15) is 18.8 Å². The van der Waals surface area contributed by atoms with Crippen molar-refractivity contribution in [3.8, 4) is 0 Å². The lowest BCUT2D eigenvalue weighted by molar-refractivity contribution is -0.137. The minimum Gasteiger partial charge on any atom is -0.337 e. The van der Waals surface area contributed by atoms with Crippen molar-refractivity contribution in [3.63, 3.8) is 0 Å². The standard InChI is InChI=1S/C27H30ClFN3O6P/c1-4-37-39(36,38-5-2)21-11-18(28)10-20(13-21)30-27(35)25-12-19(29)14-32(25)26(34)16-31-15-23(17(3)33)22-8-6-7-9-24(22)31/h6-11,13,15,19,25H,4-5,12,14,16H2,1-3H3,(H,30,35). The minimum atomic E-state index is -3.68. The molecule has 2 atom stereocenters. The summed E-state index contributed by atoms with van der Waals surface area (Å²) in [6.45, 7) is 4.66. The number of nitrogens with one attached hydrogen (secondary N) is 1. The molecule has 0 radical (unpaired) electrons. The predicted octanol–water partition coefficient (Wildman–Crippen LogP) is 4.97. The molecule has 0 bridgehead atoms. The van der Waals surface area contributed by atoms with Crippen LogP contribution in [-0.4, -0.2) is 59.0 Å². The average Bonchev–Trinajstić information content (AvgIpc) is 3.45. The zero-order chi connectivity index (χ0) is 28.3. The molecule has 1 aromatic heterocycles. The topological polar surface area (TPSA) is 107 Å². The summed E-state index contributed by atoms with van der Waals surface area (Å²) in [4.78, 5) is 39.9. The first-order chi connectivity index (χ1) is 18.6. The van der Waals surface area contributed by atoms with E-state index in [4.69, 9.17) is 20.6 Å². The Morgan fingerprint density at radius 3 is 2.49 bits per heavy atom. The summed E-state index contributed by atoms with van der Waals surface area (Å²) in [7, 11) is -3.68. The molecule has 39 heavy (non-hydrogen) atoms. The maximum atomic E-state index is 14.5. The number of likely N-dealkylation sites (tertiary alicyclic amines) is 1. The van der Waals surface area contributed by atoms with Gasteiger partial charge < -0.3 is 23.8 Å².